The Bertz CT molecular complexity index is 670. The van der Waals surface area contributed by atoms with Crippen molar-refractivity contribution in [2.24, 2.45) is 5.73 Å². The second-order valence-corrected chi connectivity index (χ2v) is 5.41. The Labute approximate surface area is 124 Å². The average molecular weight is 284 g/mol. The SMILES string of the molecule is COC1CCCN(c2nc3ccccc3cc2C(=N)N)C1. The minimum absolute atomic E-state index is 0.0581. The summed E-state index contributed by atoms with van der Waals surface area (Å²) in [6, 6.07) is 9.87. The average Bonchev–Trinajstić information content (AvgIpc) is 2.53. The summed E-state index contributed by atoms with van der Waals surface area (Å²) >= 11 is 0. The molecule has 0 radical (unpaired) electrons. The molecule has 0 bridgehead atoms. The minimum atomic E-state index is 0.0581. The number of rotatable bonds is 3. The summed E-state index contributed by atoms with van der Waals surface area (Å²) in [5.41, 5.74) is 7.39. The van der Waals surface area contributed by atoms with E-state index in [0.717, 1.165) is 42.7 Å². The van der Waals surface area contributed by atoms with Crippen molar-refractivity contribution in [2.45, 2.75) is 18.9 Å². The number of fused-ring (bicyclic) bond motifs is 1. The molecule has 1 atom stereocenters. The van der Waals surface area contributed by atoms with Gasteiger partial charge < -0.3 is 15.4 Å². The van der Waals surface area contributed by atoms with Crippen LogP contribution in [0.25, 0.3) is 10.9 Å². The first kappa shape index (κ1) is 13.8. The molecule has 0 aliphatic carbocycles. The van der Waals surface area contributed by atoms with E-state index in [1.54, 1.807) is 7.11 Å². The first-order valence-corrected chi connectivity index (χ1v) is 7.21. The maximum absolute atomic E-state index is 7.85. The molecule has 3 N–H and O–H groups in total. The van der Waals surface area contributed by atoms with Crippen molar-refractivity contribution < 1.29 is 4.74 Å². The lowest BCUT2D eigenvalue weighted by molar-refractivity contribution is 0.0891. The second-order valence-electron chi connectivity index (χ2n) is 5.41. The van der Waals surface area contributed by atoms with Crippen molar-refractivity contribution in [2.75, 3.05) is 25.1 Å². The number of anilines is 1. The third-order valence-corrected chi connectivity index (χ3v) is 4.01. The van der Waals surface area contributed by atoms with E-state index in [-0.39, 0.29) is 11.9 Å². The van der Waals surface area contributed by atoms with E-state index < -0.39 is 0 Å². The summed E-state index contributed by atoms with van der Waals surface area (Å²) in [4.78, 5) is 6.92. The summed E-state index contributed by atoms with van der Waals surface area (Å²) in [6.07, 6.45) is 2.34. The number of nitrogen functional groups attached to an aromatic ring is 1. The Morgan fingerprint density at radius 1 is 1.43 bits per heavy atom. The molecule has 21 heavy (non-hydrogen) atoms. The number of pyridine rings is 1. The van der Waals surface area contributed by atoms with Crippen molar-refractivity contribution in [3.8, 4) is 0 Å². The molecule has 5 heteroatoms. The molecule has 2 aromatic rings. The summed E-state index contributed by atoms with van der Waals surface area (Å²) in [5.74, 6) is 0.853. The third kappa shape index (κ3) is 2.69. The van der Waals surface area contributed by atoms with Gasteiger partial charge in [-0.1, -0.05) is 18.2 Å². The van der Waals surface area contributed by atoms with Crippen LogP contribution in [0.2, 0.25) is 0 Å². The number of amidine groups is 1. The van der Waals surface area contributed by atoms with Crippen LogP contribution in [0.1, 0.15) is 18.4 Å². The molecule has 0 amide bonds. The summed E-state index contributed by atoms with van der Waals surface area (Å²) in [6.45, 7) is 1.72. The van der Waals surface area contributed by atoms with Gasteiger partial charge in [0.25, 0.3) is 0 Å². The van der Waals surface area contributed by atoms with E-state index in [9.17, 15) is 0 Å². The highest BCUT2D eigenvalue weighted by molar-refractivity contribution is 6.03. The molecule has 1 aromatic carbocycles. The number of benzene rings is 1. The monoisotopic (exact) mass is 284 g/mol. The van der Waals surface area contributed by atoms with Gasteiger partial charge in [-0.25, -0.2) is 4.98 Å². The lowest BCUT2D eigenvalue weighted by Crippen LogP contribution is -2.40. The van der Waals surface area contributed by atoms with Gasteiger partial charge in [0.2, 0.25) is 0 Å². The molecule has 0 spiro atoms. The van der Waals surface area contributed by atoms with Gasteiger partial charge in [0, 0.05) is 25.6 Å². The number of aromatic nitrogens is 1. The van der Waals surface area contributed by atoms with Crippen LogP contribution in [-0.2, 0) is 4.74 Å². The van der Waals surface area contributed by atoms with E-state index in [2.05, 4.69) is 4.90 Å². The van der Waals surface area contributed by atoms with Crippen LogP contribution in [0.15, 0.2) is 30.3 Å². The number of nitrogens with two attached hydrogens (primary N) is 1. The molecule has 1 aromatic heterocycles. The van der Waals surface area contributed by atoms with E-state index in [0.29, 0.717) is 5.56 Å². The molecule has 1 aliphatic heterocycles. The molecular weight excluding hydrogens is 264 g/mol. The van der Waals surface area contributed by atoms with Gasteiger partial charge in [-0.05, 0) is 25.0 Å². The first-order valence-electron chi connectivity index (χ1n) is 7.21. The smallest absolute Gasteiger partial charge is 0.140 e. The fourth-order valence-corrected chi connectivity index (χ4v) is 2.87. The van der Waals surface area contributed by atoms with Crippen molar-refractivity contribution in [1.82, 2.24) is 4.98 Å². The first-order chi connectivity index (χ1) is 10.2. The molecule has 0 saturated carbocycles. The maximum Gasteiger partial charge on any atom is 0.140 e. The number of ether oxygens (including phenoxy) is 1. The van der Waals surface area contributed by atoms with Gasteiger partial charge >= 0.3 is 0 Å². The van der Waals surface area contributed by atoms with Crippen LogP contribution in [0.5, 0.6) is 0 Å². The fourth-order valence-electron chi connectivity index (χ4n) is 2.87. The Morgan fingerprint density at radius 3 is 3.00 bits per heavy atom. The van der Waals surface area contributed by atoms with Gasteiger partial charge in [-0.15, -0.1) is 0 Å². The molecule has 3 rings (SSSR count). The summed E-state index contributed by atoms with van der Waals surface area (Å²) in [7, 11) is 1.74. The summed E-state index contributed by atoms with van der Waals surface area (Å²) < 4.78 is 5.48. The molecule has 1 saturated heterocycles. The highest BCUT2D eigenvalue weighted by Crippen LogP contribution is 2.26. The van der Waals surface area contributed by atoms with Gasteiger partial charge in [0.1, 0.15) is 11.7 Å². The van der Waals surface area contributed by atoms with Gasteiger partial charge in [0.15, 0.2) is 0 Å². The fraction of sp³-hybridized carbons (Fsp3) is 0.375. The van der Waals surface area contributed by atoms with Crippen molar-refractivity contribution in [3.63, 3.8) is 0 Å². The van der Waals surface area contributed by atoms with Crippen LogP contribution in [0, 0.1) is 5.41 Å². The minimum Gasteiger partial charge on any atom is -0.384 e. The summed E-state index contributed by atoms with van der Waals surface area (Å²) in [5, 5.41) is 8.85. The number of hydrogen-bond donors (Lipinski definition) is 2. The van der Waals surface area contributed by atoms with E-state index >= 15 is 0 Å². The molecule has 1 aliphatic rings. The number of nitrogens with one attached hydrogen (secondary N) is 1. The van der Waals surface area contributed by atoms with Crippen LogP contribution in [0.3, 0.4) is 0 Å². The Morgan fingerprint density at radius 2 is 2.24 bits per heavy atom. The number of piperidine rings is 1. The number of methoxy groups -OCH3 is 1. The molecule has 5 nitrogen and oxygen atoms in total. The largest absolute Gasteiger partial charge is 0.384 e. The maximum atomic E-state index is 7.85. The molecular formula is C16H20N4O. The topological polar surface area (TPSA) is 75.2 Å². The van der Waals surface area contributed by atoms with Crippen LogP contribution >= 0.6 is 0 Å². The zero-order valence-corrected chi connectivity index (χ0v) is 12.2. The second kappa shape index (κ2) is 5.69. The van der Waals surface area contributed by atoms with E-state index in [1.807, 2.05) is 30.3 Å². The number of nitrogens with zero attached hydrogens (tertiary/aromatic N) is 2. The molecule has 2 heterocycles. The van der Waals surface area contributed by atoms with Crippen molar-refractivity contribution in [3.05, 3.63) is 35.9 Å². The molecule has 110 valence electrons. The normalized spacial score (nSPS) is 18.9. The molecule has 1 fully saturated rings. The van der Waals surface area contributed by atoms with Gasteiger partial charge in [-0.2, -0.15) is 0 Å². The molecule has 1 unspecified atom stereocenters. The zero-order valence-electron chi connectivity index (χ0n) is 12.2. The standard InChI is InChI=1S/C16H20N4O/c1-21-12-6-4-8-20(10-12)16-13(15(17)18)9-11-5-2-3-7-14(11)19-16/h2-3,5,7,9,12H,4,6,8,10H2,1H3,(H3,17,18). The quantitative estimate of drug-likeness (QED) is 0.669. The predicted octanol–water partition coefficient (Wildman–Crippen LogP) is 2.13. The zero-order chi connectivity index (χ0) is 14.8. The van der Waals surface area contributed by atoms with Crippen LogP contribution < -0.4 is 10.6 Å². The highest BCUT2D eigenvalue weighted by atomic mass is 16.5. The van der Waals surface area contributed by atoms with Gasteiger partial charge in [0.05, 0.1) is 17.2 Å². The van der Waals surface area contributed by atoms with Crippen LogP contribution in [-0.4, -0.2) is 37.1 Å². The lowest BCUT2D eigenvalue weighted by Gasteiger charge is -2.33. The van der Waals surface area contributed by atoms with E-state index in [4.69, 9.17) is 20.9 Å². The number of hydrogen-bond acceptors (Lipinski definition) is 4. The highest BCUT2D eigenvalue weighted by Gasteiger charge is 2.23. The van der Waals surface area contributed by atoms with Crippen molar-refractivity contribution >= 4 is 22.6 Å². The van der Waals surface area contributed by atoms with Crippen molar-refractivity contribution in [1.29, 1.82) is 5.41 Å². The predicted molar refractivity (Wildman–Crippen MR) is 85.0 cm³/mol. The third-order valence-electron chi connectivity index (χ3n) is 4.01. The number of para-hydroxylation sites is 1. The van der Waals surface area contributed by atoms with Crippen LogP contribution in [0.4, 0.5) is 5.82 Å². The Hall–Kier alpha value is -2.14. The Balaban J connectivity index is 2.07. The Kier molecular flexibility index (Phi) is 3.75. The van der Waals surface area contributed by atoms with E-state index in [1.165, 1.54) is 0 Å². The lowest BCUT2D eigenvalue weighted by atomic mass is 10.1. The van der Waals surface area contributed by atoms with Gasteiger partial charge in [-0.3, -0.25) is 5.41 Å².